The summed E-state index contributed by atoms with van der Waals surface area (Å²) in [6.07, 6.45) is -0.607. The van der Waals surface area contributed by atoms with Crippen molar-refractivity contribution in [3.05, 3.63) is 59.4 Å². The molecule has 0 saturated heterocycles. The third kappa shape index (κ3) is 3.02. The van der Waals surface area contributed by atoms with Crippen LogP contribution in [-0.2, 0) is 0 Å². The fourth-order valence-electron chi connectivity index (χ4n) is 2.89. The third-order valence-corrected chi connectivity index (χ3v) is 4.03. The molecule has 23 heavy (non-hydrogen) atoms. The summed E-state index contributed by atoms with van der Waals surface area (Å²) in [5.41, 5.74) is 0.241. The highest BCUT2D eigenvalue weighted by atomic mass is 19.1. The van der Waals surface area contributed by atoms with Crippen molar-refractivity contribution < 1.29 is 19.0 Å². The zero-order valence-electron chi connectivity index (χ0n) is 13.2. The molecule has 0 aromatic heterocycles. The van der Waals surface area contributed by atoms with Gasteiger partial charge in [-0.05, 0) is 43.8 Å². The maximum absolute atomic E-state index is 13.3. The zero-order chi connectivity index (χ0) is 16.4. The Labute approximate surface area is 134 Å². The molecule has 3 rings (SSSR count). The summed E-state index contributed by atoms with van der Waals surface area (Å²) in [6, 6.07) is 11.8. The van der Waals surface area contributed by atoms with E-state index in [9.17, 15) is 9.50 Å². The molecule has 1 heterocycles. The van der Waals surface area contributed by atoms with Gasteiger partial charge in [0, 0.05) is 12.1 Å². The Balaban J connectivity index is 2.00. The molecule has 5 heteroatoms. The van der Waals surface area contributed by atoms with Gasteiger partial charge in [-0.2, -0.15) is 0 Å². The number of aryl methyl sites for hydroxylation is 1. The summed E-state index contributed by atoms with van der Waals surface area (Å²) in [5, 5.41) is 14.0. The van der Waals surface area contributed by atoms with E-state index < -0.39 is 11.7 Å². The molecular weight excluding hydrogens is 297 g/mol. The second kappa shape index (κ2) is 6.18. The van der Waals surface area contributed by atoms with Gasteiger partial charge in [-0.15, -0.1) is 0 Å². The van der Waals surface area contributed by atoms with Gasteiger partial charge >= 0.3 is 0 Å². The number of ether oxygens (including phenoxy) is 2. The van der Waals surface area contributed by atoms with Gasteiger partial charge in [0.1, 0.15) is 23.9 Å². The summed E-state index contributed by atoms with van der Waals surface area (Å²) in [4.78, 5) is 0. The fraction of sp³-hybridized carbons (Fsp3) is 0.333. The van der Waals surface area contributed by atoms with Crippen LogP contribution in [0.5, 0.6) is 11.5 Å². The van der Waals surface area contributed by atoms with E-state index in [4.69, 9.17) is 9.47 Å². The Morgan fingerprint density at radius 2 is 2.13 bits per heavy atom. The number of likely N-dealkylation sites (N-methyl/N-ethyl adjacent to an activating group) is 1. The van der Waals surface area contributed by atoms with Crippen molar-refractivity contribution in [2.75, 3.05) is 20.2 Å². The summed E-state index contributed by atoms with van der Waals surface area (Å²) in [6.45, 7) is 2.21. The molecule has 0 saturated carbocycles. The van der Waals surface area contributed by atoms with E-state index >= 15 is 0 Å². The Kier molecular flexibility index (Phi) is 4.24. The van der Waals surface area contributed by atoms with Crippen LogP contribution in [0.25, 0.3) is 0 Å². The van der Waals surface area contributed by atoms with Gasteiger partial charge in [0.25, 0.3) is 0 Å². The highest BCUT2D eigenvalue weighted by Crippen LogP contribution is 2.41. The maximum Gasteiger partial charge on any atom is 0.160 e. The van der Waals surface area contributed by atoms with Gasteiger partial charge in [-0.1, -0.05) is 18.2 Å². The van der Waals surface area contributed by atoms with Crippen LogP contribution in [0.15, 0.2) is 42.5 Å². The van der Waals surface area contributed by atoms with Gasteiger partial charge < -0.3 is 19.9 Å². The van der Waals surface area contributed by atoms with Crippen LogP contribution >= 0.6 is 0 Å². The van der Waals surface area contributed by atoms with Crippen molar-refractivity contribution in [2.45, 2.75) is 18.6 Å². The van der Waals surface area contributed by atoms with Crippen molar-refractivity contribution in [2.24, 2.45) is 0 Å². The standard InChI is InChI=1S/C18H20FNO3/c1-12-9-13(19)7-8-15(12)23-17-14-5-3-4-6-16(14)22-11-18(17,21)10-20-2/h3-9,17,20-21H,10-11H2,1-2H3/t17-,18-/m1/s1. The molecule has 0 unspecified atom stereocenters. The molecule has 1 aliphatic heterocycles. The van der Waals surface area contributed by atoms with Gasteiger partial charge in [-0.25, -0.2) is 4.39 Å². The molecular formula is C18H20FNO3. The van der Waals surface area contributed by atoms with E-state index in [1.807, 2.05) is 24.3 Å². The molecule has 2 aromatic rings. The van der Waals surface area contributed by atoms with Gasteiger partial charge in [-0.3, -0.25) is 0 Å². The Hall–Kier alpha value is -2.11. The molecule has 0 spiro atoms. The third-order valence-electron chi connectivity index (χ3n) is 4.03. The summed E-state index contributed by atoms with van der Waals surface area (Å²) >= 11 is 0. The van der Waals surface area contributed by atoms with Crippen LogP contribution in [0.3, 0.4) is 0 Å². The maximum atomic E-state index is 13.3. The number of hydrogen-bond donors (Lipinski definition) is 2. The van der Waals surface area contributed by atoms with Gasteiger partial charge in [0.15, 0.2) is 11.7 Å². The molecule has 2 aromatic carbocycles. The first-order chi connectivity index (χ1) is 11.0. The van der Waals surface area contributed by atoms with E-state index in [-0.39, 0.29) is 12.4 Å². The largest absolute Gasteiger partial charge is 0.490 e. The molecule has 0 aliphatic carbocycles. The molecule has 0 amide bonds. The van der Waals surface area contributed by atoms with E-state index in [0.29, 0.717) is 23.6 Å². The molecule has 0 fully saturated rings. The van der Waals surface area contributed by atoms with Crippen LogP contribution in [-0.4, -0.2) is 30.9 Å². The lowest BCUT2D eigenvalue weighted by Gasteiger charge is -2.40. The predicted molar refractivity (Wildman–Crippen MR) is 85.3 cm³/mol. The fourth-order valence-corrected chi connectivity index (χ4v) is 2.89. The Morgan fingerprint density at radius 3 is 2.87 bits per heavy atom. The zero-order valence-corrected chi connectivity index (χ0v) is 13.2. The Bertz CT molecular complexity index is 706. The average Bonchev–Trinajstić information content (AvgIpc) is 2.52. The van der Waals surface area contributed by atoms with Gasteiger partial charge in [0.2, 0.25) is 0 Å². The van der Waals surface area contributed by atoms with Crippen LogP contribution in [0, 0.1) is 12.7 Å². The molecule has 0 radical (unpaired) electrons. The number of fused-ring (bicyclic) bond motifs is 1. The van der Waals surface area contributed by atoms with Crippen LogP contribution in [0.4, 0.5) is 4.39 Å². The molecule has 2 atom stereocenters. The quantitative estimate of drug-likeness (QED) is 0.910. The lowest BCUT2D eigenvalue weighted by Crippen LogP contribution is -2.53. The highest BCUT2D eigenvalue weighted by molar-refractivity contribution is 5.41. The van der Waals surface area contributed by atoms with E-state index in [1.165, 1.54) is 12.1 Å². The number of rotatable bonds is 4. The summed E-state index contributed by atoms with van der Waals surface area (Å²) in [7, 11) is 1.76. The van der Waals surface area contributed by atoms with Crippen molar-refractivity contribution in [1.82, 2.24) is 5.32 Å². The average molecular weight is 317 g/mol. The monoisotopic (exact) mass is 317 g/mol. The molecule has 1 aliphatic rings. The summed E-state index contributed by atoms with van der Waals surface area (Å²) < 4.78 is 25.1. The van der Waals surface area contributed by atoms with Gasteiger partial charge in [0.05, 0.1) is 0 Å². The van der Waals surface area contributed by atoms with Crippen molar-refractivity contribution >= 4 is 0 Å². The minimum atomic E-state index is -1.22. The lowest BCUT2D eigenvalue weighted by molar-refractivity contribution is -0.101. The van der Waals surface area contributed by atoms with E-state index in [2.05, 4.69) is 5.32 Å². The van der Waals surface area contributed by atoms with Crippen molar-refractivity contribution in [1.29, 1.82) is 0 Å². The number of nitrogens with one attached hydrogen (secondary N) is 1. The number of halogens is 1. The van der Waals surface area contributed by atoms with E-state index in [1.54, 1.807) is 20.0 Å². The topological polar surface area (TPSA) is 50.7 Å². The first-order valence-corrected chi connectivity index (χ1v) is 7.55. The minimum Gasteiger partial charge on any atom is -0.490 e. The normalized spacial score (nSPS) is 23.0. The van der Waals surface area contributed by atoms with Crippen molar-refractivity contribution in [3.63, 3.8) is 0 Å². The smallest absolute Gasteiger partial charge is 0.160 e. The first kappa shape index (κ1) is 15.8. The van der Waals surface area contributed by atoms with Crippen molar-refractivity contribution in [3.8, 4) is 11.5 Å². The number of aliphatic hydroxyl groups is 1. The predicted octanol–water partition coefficient (Wildman–Crippen LogP) is 2.60. The first-order valence-electron chi connectivity index (χ1n) is 7.55. The SMILES string of the molecule is CNC[C@@]1(O)COc2ccccc2[C@H]1Oc1ccc(F)cc1C. The van der Waals surface area contributed by atoms with E-state index in [0.717, 1.165) is 5.56 Å². The number of hydrogen-bond acceptors (Lipinski definition) is 4. The van der Waals surface area contributed by atoms with Crippen LogP contribution < -0.4 is 14.8 Å². The summed E-state index contributed by atoms with van der Waals surface area (Å²) in [5.74, 6) is 0.924. The van der Waals surface area contributed by atoms with Crippen LogP contribution in [0.2, 0.25) is 0 Å². The Morgan fingerprint density at radius 1 is 1.35 bits per heavy atom. The second-order valence-electron chi connectivity index (χ2n) is 5.87. The number of benzene rings is 2. The second-order valence-corrected chi connectivity index (χ2v) is 5.87. The molecule has 4 nitrogen and oxygen atoms in total. The highest BCUT2D eigenvalue weighted by Gasteiger charge is 2.45. The molecule has 2 N–H and O–H groups in total. The molecule has 0 bridgehead atoms. The lowest BCUT2D eigenvalue weighted by atomic mass is 9.88. The molecule has 122 valence electrons. The minimum absolute atomic E-state index is 0.121. The van der Waals surface area contributed by atoms with Crippen LogP contribution in [0.1, 0.15) is 17.2 Å². The number of para-hydroxylation sites is 1.